The van der Waals surface area contributed by atoms with E-state index < -0.39 is 0 Å². The van der Waals surface area contributed by atoms with Gasteiger partial charge in [-0.15, -0.1) is 0 Å². The summed E-state index contributed by atoms with van der Waals surface area (Å²) in [6.07, 6.45) is 6.42. The molecule has 1 aromatic heterocycles. The molecule has 0 unspecified atom stereocenters. The summed E-state index contributed by atoms with van der Waals surface area (Å²) in [7, 11) is 0. The number of rotatable bonds is 7. The first kappa shape index (κ1) is 17.9. The van der Waals surface area contributed by atoms with E-state index in [4.69, 9.17) is 0 Å². The first-order chi connectivity index (χ1) is 13.4. The van der Waals surface area contributed by atoms with E-state index in [1.54, 1.807) is 0 Å². The topological polar surface area (TPSA) is 28.2 Å². The van der Waals surface area contributed by atoms with Gasteiger partial charge in [-0.1, -0.05) is 54.6 Å². The van der Waals surface area contributed by atoms with Crippen molar-refractivity contribution in [3.8, 4) is 11.1 Å². The van der Waals surface area contributed by atoms with E-state index in [0.29, 0.717) is 0 Å². The van der Waals surface area contributed by atoms with Gasteiger partial charge in [0, 0.05) is 32.0 Å². The van der Waals surface area contributed by atoms with Crippen molar-refractivity contribution in [1.29, 1.82) is 0 Å². The molecule has 3 heteroatoms. The zero-order valence-corrected chi connectivity index (χ0v) is 15.8. The predicted octanol–water partition coefficient (Wildman–Crippen LogP) is 4.63. The Morgan fingerprint density at radius 3 is 2.41 bits per heavy atom. The lowest BCUT2D eigenvalue weighted by Crippen LogP contribution is -2.18. The zero-order chi connectivity index (χ0) is 18.3. The van der Waals surface area contributed by atoms with Crippen LogP contribution in [0.3, 0.4) is 0 Å². The van der Waals surface area contributed by atoms with Gasteiger partial charge in [0.05, 0.1) is 0 Å². The summed E-state index contributed by atoms with van der Waals surface area (Å²) in [5.41, 5.74) is 6.55. The first-order valence-electron chi connectivity index (χ1n) is 9.88. The van der Waals surface area contributed by atoms with Crippen molar-refractivity contribution in [2.75, 3.05) is 13.1 Å². The van der Waals surface area contributed by atoms with Gasteiger partial charge < -0.3 is 5.32 Å². The lowest BCUT2D eigenvalue weighted by molar-refractivity contribution is 0.331. The van der Waals surface area contributed by atoms with Crippen molar-refractivity contribution in [1.82, 2.24) is 15.2 Å². The number of benzene rings is 2. The van der Waals surface area contributed by atoms with Gasteiger partial charge in [-0.2, -0.15) is 0 Å². The quantitative estimate of drug-likeness (QED) is 0.668. The van der Waals surface area contributed by atoms with Gasteiger partial charge in [0.25, 0.3) is 0 Å². The summed E-state index contributed by atoms with van der Waals surface area (Å²) in [6.45, 7) is 5.24. The second-order valence-corrected chi connectivity index (χ2v) is 7.30. The number of nitrogens with zero attached hydrogens (tertiary/aromatic N) is 2. The second kappa shape index (κ2) is 8.94. The van der Waals surface area contributed by atoms with E-state index in [0.717, 1.165) is 19.6 Å². The lowest BCUT2D eigenvalue weighted by Gasteiger charge is -2.15. The number of hydrogen-bond acceptors (Lipinski definition) is 3. The van der Waals surface area contributed by atoms with Crippen LogP contribution >= 0.6 is 0 Å². The Bertz CT molecular complexity index is 837. The number of hydrogen-bond donors (Lipinski definition) is 1. The van der Waals surface area contributed by atoms with Crippen LogP contribution in [0.25, 0.3) is 11.1 Å². The predicted molar refractivity (Wildman–Crippen MR) is 111 cm³/mol. The smallest absolute Gasteiger partial charge is 0.0312 e. The first-order valence-corrected chi connectivity index (χ1v) is 9.88. The molecule has 1 N–H and O–H groups in total. The molecule has 4 rings (SSSR count). The Morgan fingerprint density at radius 1 is 0.815 bits per heavy atom. The van der Waals surface area contributed by atoms with Crippen LogP contribution in [0, 0.1) is 0 Å². The summed E-state index contributed by atoms with van der Waals surface area (Å²) >= 11 is 0. The van der Waals surface area contributed by atoms with Crippen molar-refractivity contribution in [3.05, 3.63) is 89.7 Å². The van der Waals surface area contributed by atoms with E-state index >= 15 is 0 Å². The molecule has 0 saturated carbocycles. The van der Waals surface area contributed by atoms with Gasteiger partial charge in [0.15, 0.2) is 0 Å². The van der Waals surface area contributed by atoms with Gasteiger partial charge in [-0.05, 0) is 59.8 Å². The van der Waals surface area contributed by atoms with Crippen molar-refractivity contribution >= 4 is 0 Å². The maximum atomic E-state index is 4.18. The van der Waals surface area contributed by atoms with Gasteiger partial charge in [0.1, 0.15) is 0 Å². The summed E-state index contributed by atoms with van der Waals surface area (Å²) < 4.78 is 0. The molecule has 138 valence electrons. The van der Waals surface area contributed by atoms with Crippen LogP contribution in [0.2, 0.25) is 0 Å². The largest absolute Gasteiger partial charge is 0.309 e. The van der Waals surface area contributed by atoms with Crippen LogP contribution in [0.1, 0.15) is 29.5 Å². The summed E-state index contributed by atoms with van der Waals surface area (Å²) in [4.78, 5) is 6.72. The highest BCUT2D eigenvalue weighted by molar-refractivity contribution is 5.67. The summed E-state index contributed by atoms with van der Waals surface area (Å²) in [5, 5.41) is 3.54. The third kappa shape index (κ3) is 4.82. The van der Waals surface area contributed by atoms with Crippen molar-refractivity contribution in [2.45, 2.75) is 32.5 Å². The monoisotopic (exact) mass is 357 g/mol. The highest BCUT2D eigenvalue weighted by Crippen LogP contribution is 2.25. The Labute approximate surface area is 162 Å². The van der Waals surface area contributed by atoms with Gasteiger partial charge in [0.2, 0.25) is 0 Å². The third-order valence-corrected chi connectivity index (χ3v) is 5.25. The molecular formula is C24H27N3. The molecule has 1 aliphatic rings. The fraction of sp³-hybridized carbons (Fsp3) is 0.292. The molecule has 2 aromatic carbocycles. The minimum Gasteiger partial charge on any atom is -0.309 e. The van der Waals surface area contributed by atoms with E-state index in [2.05, 4.69) is 69.8 Å². The summed E-state index contributed by atoms with van der Waals surface area (Å²) in [5.74, 6) is 0. The van der Waals surface area contributed by atoms with Gasteiger partial charge in [-0.25, -0.2) is 0 Å². The number of pyridine rings is 1. The molecule has 0 bridgehead atoms. The normalized spacial score (nSPS) is 14.5. The third-order valence-electron chi connectivity index (χ3n) is 5.25. The lowest BCUT2D eigenvalue weighted by atomic mass is 9.98. The molecule has 2 heterocycles. The van der Waals surface area contributed by atoms with E-state index in [1.165, 1.54) is 53.7 Å². The molecule has 0 spiro atoms. The Balaban J connectivity index is 1.42. The molecule has 0 radical (unpaired) electrons. The molecule has 3 nitrogen and oxygen atoms in total. The van der Waals surface area contributed by atoms with Crippen LogP contribution in [0.4, 0.5) is 0 Å². The number of nitrogens with one attached hydrogen (secondary N) is 1. The highest BCUT2D eigenvalue weighted by atomic mass is 15.1. The average molecular weight is 358 g/mol. The fourth-order valence-corrected chi connectivity index (χ4v) is 3.79. The fourth-order valence-electron chi connectivity index (χ4n) is 3.79. The number of aromatic nitrogens is 1. The van der Waals surface area contributed by atoms with Crippen LogP contribution in [0.5, 0.6) is 0 Å². The Kier molecular flexibility index (Phi) is 5.92. The average Bonchev–Trinajstić information content (AvgIpc) is 3.23. The minimum atomic E-state index is 0.830. The molecular weight excluding hydrogens is 330 g/mol. The molecule has 0 atom stereocenters. The van der Waals surface area contributed by atoms with Crippen LogP contribution in [-0.4, -0.2) is 23.0 Å². The van der Waals surface area contributed by atoms with Crippen LogP contribution in [0.15, 0.2) is 73.1 Å². The molecule has 1 fully saturated rings. The molecule has 0 amide bonds. The summed E-state index contributed by atoms with van der Waals surface area (Å²) in [6, 6.07) is 21.9. The van der Waals surface area contributed by atoms with Crippen molar-refractivity contribution < 1.29 is 0 Å². The standard InChI is InChI=1S/C24H27N3/c1-2-8-24(23(7-1)18-26-17-21-6-5-13-25-16-21)22-11-9-20(10-12-22)19-27-14-3-4-15-27/h1-2,5-13,16,26H,3-4,14-15,17-19H2. The molecule has 0 aliphatic carbocycles. The van der Waals surface area contributed by atoms with Crippen molar-refractivity contribution in [3.63, 3.8) is 0 Å². The van der Waals surface area contributed by atoms with Crippen LogP contribution in [-0.2, 0) is 19.6 Å². The van der Waals surface area contributed by atoms with Gasteiger partial charge >= 0.3 is 0 Å². The maximum Gasteiger partial charge on any atom is 0.0312 e. The maximum absolute atomic E-state index is 4.18. The second-order valence-electron chi connectivity index (χ2n) is 7.30. The van der Waals surface area contributed by atoms with Gasteiger partial charge in [-0.3, -0.25) is 9.88 Å². The molecule has 1 aliphatic heterocycles. The Hall–Kier alpha value is -2.49. The molecule has 27 heavy (non-hydrogen) atoms. The van der Waals surface area contributed by atoms with E-state index in [9.17, 15) is 0 Å². The van der Waals surface area contributed by atoms with Crippen LogP contribution < -0.4 is 5.32 Å². The van der Waals surface area contributed by atoms with E-state index in [1.807, 2.05) is 18.5 Å². The number of likely N-dealkylation sites (tertiary alicyclic amines) is 1. The Morgan fingerprint density at radius 2 is 1.63 bits per heavy atom. The SMILES string of the molecule is c1cncc(CNCc2ccccc2-c2ccc(CN3CCCC3)cc2)c1. The van der Waals surface area contributed by atoms with E-state index in [-0.39, 0.29) is 0 Å². The molecule has 1 saturated heterocycles. The zero-order valence-electron chi connectivity index (χ0n) is 15.8. The highest BCUT2D eigenvalue weighted by Gasteiger charge is 2.12. The van der Waals surface area contributed by atoms with Crippen molar-refractivity contribution in [2.24, 2.45) is 0 Å². The minimum absolute atomic E-state index is 0.830. The molecule has 3 aromatic rings.